The number of carbonyl (C=O) groups is 1. The first-order valence-corrected chi connectivity index (χ1v) is 8.34. The molecule has 0 aliphatic carbocycles. The lowest BCUT2D eigenvalue weighted by molar-refractivity contribution is 0.0743. The van der Waals surface area contributed by atoms with Crippen LogP contribution in [0.3, 0.4) is 0 Å². The van der Waals surface area contributed by atoms with Gasteiger partial charge in [-0.1, -0.05) is 30.3 Å². The summed E-state index contributed by atoms with van der Waals surface area (Å²) in [6.45, 7) is 2.66. The van der Waals surface area contributed by atoms with Crippen LogP contribution in [-0.2, 0) is 0 Å². The molecule has 1 saturated heterocycles. The summed E-state index contributed by atoms with van der Waals surface area (Å²) in [4.78, 5) is 29.3. The number of hydrogen-bond donors (Lipinski definition) is 0. The van der Waals surface area contributed by atoms with Crippen molar-refractivity contribution in [2.75, 3.05) is 31.1 Å². The molecule has 3 aromatic rings. The molecule has 1 fully saturated rings. The fourth-order valence-corrected chi connectivity index (χ4v) is 3.20. The van der Waals surface area contributed by atoms with Crippen LogP contribution in [0.2, 0.25) is 0 Å². The minimum absolute atomic E-state index is 0.104. The van der Waals surface area contributed by atoms with Gasteiger partial charge in [-0.3, -0.25) is 9.59 Å². The van der Waals surface area contributed by atoms with Crippen LogP contribution in [0.15, 0.2) is 70.1 Å². The number of amides is 1. The van der Waals surface area contributed by atoms with Crippen molar-refractivity contribution in [1.29, 1.82) is 0 Å². The number of nitrogens with zero attached hydrogens (tertiary/aromatic N) is 2. The van der Waals surface area contributed by atoms with Crippen LogP contribution < -0.4 is 10.3 Å². The van der Waals surface area contributed by atoms with Gasteiger partial charge >= 0.3 is 0 Å². The number of benzene rings is 2. The molecule has 5 nitrogen and oxygen atoms in total. The lowest BCUT2D eigenvalue weighted by atomic mass is 10.1. The minimum Gasteiger partial charge on any atom is -0.463 e. The highest BCUT2D eigenvalue weighted by Gasteiger charge is 2.25. The van der Waals surface area contributed by atoms with Crippen molar-refractivity contribution in [2.24, 2.45) is 0 Å². The summed E-state index contributed by atoms with van der Waals surface area (Å²) in [6.07, 6.45) is 1.29. The maximum absolute atomic E-state index is 12.8. The number of piperazine rings is 1. The molecule has 0 saturated carbocycles. The van der Waals surface area contributed by atoms with Gasteiger partial charge in [-0.05, 0) is 24.3 Å². The maximum Gasteiger partial charge on any atom is 0.261 e. The van der Waals surface area contributed by atoms with Crippen LogP contribution in [0.25, 0.3) is 11.0 Å². The molecule has 0 N–H and O–H groups in total. The Morgan fingerprint density at radius 2 is 1.56 bits per heavy atom. The number of rotatable bonds is 2. The molecule has 2 heterocycles. The molecule has 0 unspecified atom stereocenters. The highest BCUT2D eigenvalue weighted by Crippen LogP contribution is 2.17. The van der Waals surface area contributed by atoms with Crippen molar-refractivity contribution >= 4 is 22.6 Å². The van der Waals surface area contributed by atoms with Gasteiger partial charge < -0.3 is 14.2 Å². The second-order valence-electron chi connectivity index (χ2n) is 6.09. The number of carbonyl (C=O) groups excluding carboxylic acids is 1. The highest BCUT2D eigenvalue weighted by molar-refractivity contribution is 5.96. The van der Waals surface area contributed by atoms with E-state index in [1.165, 1.54) is 6.26 Å². The van der Waals surface area contributed by atoms with E-state index in [0.717, 1.165) is 18.8 Å². The zero-order valence-electron chi connectivity index (χ0n) is 13.7. The molecule has 1 aliphatic rings. The summed E-state index contributed by atoms with van der Waals surface area (Å²) in [5.74, 6) is -0.257. The molecule has 1 aliphatic heterocycles. The van der Waals surface area contributed by atoms with E-state index in [9.17, 15) is 9.59 Å². The number of para-hydroxylation sites is 2. The summed E-state index contributed by atoms with van der Waals surface area (Å²) < 4.78 is 5.47. The standard InChI is InChI=1S/C20H18N2O3/c23-19-16-8-4-5-9-18(16)25-14-17(19)20(24)22-12-10-21(11-13-22)15-6-2-1-3-7-15/h1-9,14H,10-13H2. The summed E-state index contributed by atoms with van der Waals surface area (Å²) in [6, 6.07) is 17.1. The predicted octanol–water partition coefficient (Wildman–Crippen LogP) is 2.76. The zero-order valence-corrected chi connectivity index (χ0v) is 13.7. The van der Waals surface area contributed by atoms with Gasteiger partial charge in [0.2, 0.25) is 5.43 Å². The molecule has 1 amide bonds. The Morgan fingerprint density at radius 3 is 2.32 bits per heavy atom. The zero-order chi connectivity index (χ0) is 17.2. The molecular weight excluding hydrogens is 316 g/mol. The number of fused-ring (bicyclic) bond motifs is 1. The van der Waals surface area contributed by atoms with Gasteiger partial charge in [0.15, 0.2) is 0 Å². The van der Waals surface area contributed by atoms with E-state index >= 15 is 0 Å². The van der Waals surface area contributed by atoms with E-state index < -0.39 is 0 Å². The summed E-state index contributed by atoms with van der Waals surface area (Å²) in [5, 5.41) is 0.441. The molecule has 1 aromatic heterocycles. The third-order valence-electron chi connectivity index (χ3n) is 4.60. The molecule has 0 spiro atoms. The summed E-state index contributed by atoms with van der Waals surface area (Å²) in [7, 11) is 0. The van der Waals surface area contributed by atoms with Gasteiger partial charge in [0.1, 0.15) is 17.4 Å². The molecular formula is C20H18N2O3. The van der Waals surface area contributed by atoms with Crippen molar-refractivity contribution in [3.8, 4) is 0 Å². The lowest BCUT2D eigenvalue weighted by Gasteiger charge is -2.36. The van der Waals surface area contributed by atoms with E-state index in [4.69, 9.17) is 4.42 Å². The molecule has 0 atom stereocenters. The topological polar surface area (TPSA) is 53.8 Å². The smallest absolute Gasteiger partial charge is 0.261 e. The molecule has 5 heteroatoms. The Balaban J connectivity index is 1.53. The fraction of sp³-hybridized carbons (Fsp3) is 0.200. The van der Waals surface area contributed by atoms with Crippen LogP contribution in [0.4, 0.5) is 5.69 Å². The minimum atomic E-state index is -0.266. The summed E-state index contributed by atoms with van der Waals surface area (Å²) in [5.41, 5.74) is 1.49. The van der Waals surface area contributed by atoms with Crippen molar-refractivity contribution < 1.29 is 9.21 Å². The van der Waals surface area contributed by atoms with Gasteiger partial charge in [-0.2, -0.15) is 0 Å². The van der Waals surface area contributed by atoms with Crippen LogP contribution in [0.5, 0.6) is 0 Å². The summed E-state index contributed by atoms with van der Waals surface area (Å²) >= 11 is 0. The van der Waals surface area contributed by atoms with Crippen molar-refractivity contribution in [2.45, 2.75) is 0 Å². The second-order valence-corrected chi connectivity index (χ2v) is 6.09. The number of hydrogen-bond acceptors (Lipinski definition) is 4. The third kappa shape index (κ3) is 2.89. The average Bonchev–Trinajstić information content (AvgIpc) is 2.69. The first-order chi connectivity index (χ1) is 12.2. The lowest BCUT2D eigenvalue weighted by Crippen LogP contribution is -2.49. The Morgan fingerprint density at radius 1 is 0.880 bits per heavy atom. The normalized spacial score (nSPS) is 14.7. The van der Waals surface area contributed by atoms with E-state index in [0.29, 0.717) is 24.1 Å². The molecule has 0 bridgehead atoms. The van der Waals surface area contributed by atoms with E-state index in [2.05, 4.69) is 17.0 Å². The highest BCUT2D eigenvalue weighted by atomic mass is 16.3. The fourth-order valence-electron chi connectivity index (χ4n) is 3.20. The van der Waals surface area contributed by atoms with Crippen LogP contribution in [0.1, 0.15) is 10.4 Å². The first-order valence-electron chi connectivity index (χ1n) is 8.34. The van der Waals surface area contributed by atoms with E-state index in [-0.39, 0.29) is 16.9 Å². The van der Waals surface area contributed by atoms with Crippen molar-refractivity contribution in [3.05, 3.63) is 76.6 Å². The molecule has 4 rings (SSSR count). The first kappa shape index (κ1) is 15.4. The Bertz CT molecular complexity index is 957. The van der Waals surface area contributed by atoms with Crippen LogP contribution in [0, 0.1) is 0 Å². The second kappa shape index (κ2) is 6.43. The SMILES string of the molecule is O=C(c1coc2ccccc2c1=O)N1CCN(c2ccccc2)CC1. The number of anilines is 1. The molecule has 2 aromatic carbocycles. The Labute approximate surface area is 145 Å². The monoisotopic (exact) mass is 334 g/mol. The molecule has 25 heavy (non-hydrogen) atoms. The molecule has 0 radical (unpaired) electrons. The average molecular weight is 334 g/mol. The van der Waals surface area contributed by atoms with Gasteiger partial charge in [0.05, 0.1) is 5.39 Å². The molecule has 126 valence electrons. The van der Waals surface area contributed by atoms with Gasteiger partial charge in [-0.15, -0.1) is 0 Å². The Hall–Kier alpha value is -3.08. The van der Waals surface area contributed by atoms with Gasteiger partial charge in [0, 0.05) is 31.9 Å². The van der Waals surface area contributed by atoms with Crippen molar-refractivity contribution in [1.82, 2.24) is 4.90 Å². The van der Waals surface area contributed by atoms with Gasteiger partial charge in [0.25, 0.3) is 5.91 Å². The van der Waals surface area contributed by atoms with Gasteiger partial charge in [-0.25, -0.2) is 0 Å². The largest absolute Gasteiger partial charge is 0.463 e. The van der Waals surface area contributed by atoms with Crippen molar-refractivity contribution in [3.63, 3.8) is 0 Å². The van der Waals surface area contributed by atoms with Crippen LogP contribution in [-0.4, -0.2) is 37.0 Å². The van der Waals surface area contributed by atoms with E-state index in [1.807, 2.05) is 18.2 Å². The van der Waals surface area contributed by atoms with Crippen LogP contribution >= 0.6 is 0 Å². The maximum atomic E-state index is 12.8. The van der Waals surface area contributed by atoms with E-state index in [1.54, 1.807) is 29.2 Å². The third-order valence-corrected chi connectivity index (χ3v) is 4.60. The predicted molar refractivity (Wildman–Crippen MR) is 97.0 cm³/mol. The quantitative estimate of drug-likeness (QED) is 0.723. The Kier molecular flexibility index (Phi) is 3.98.